The number of hydrogen-bond acceptors (Lipinski definition) is 6. The summed E-state index contributed by atoms with van der Waals surface area (Å²) in [6.45, 7) is 15.5. The van der Waals surface area contributed by atoms with Crippen LogP contribution < -0.4 is 10.2 Å². The molecule has 0 aromatic carbocycles. The molecule has 2 fully saturated rings. The second-order valence-corrected chi connectivity index (χ2v) is 9.88. The van der Waals surface area contributed by atoms with Gasteiger partial charge in [0.15, 0.2) is 0 Å². The maximum absolute atomic E-state index is 12.2. The van der Waals surface area contributed by atoms with Crippen molar-refractivity contribution >= 4 is 18.7 Å². The van der Waals surface area contributed by atoms with Crippen LogP contribution in [-0.4, -0.2) is 59.6 Å². The first-order valence-electron chi connectivity index (χ1n) is 10.3. The number of nitrogens with zero attached hydrogens (tertiary/aromatic N) is 2. The van der Waals surface area contributed by atoms with E-state index in [4.69, 9.17) is 18.8 Å². The Labute approximate surface area is 174 Å². The molecule has 0 aliphatic carbocycles. The Morgan fingerprint density at radius 1 is 1.28 bits per heavy atom. The van der Waals surface area contributed by atoms with Crippen LogP contribution >= 0.6 is 0 Å². The van der Waals surface area contributed by atoms with Crippen molar-refractivity contribution in [1.82, 2.24) is 9.88 Å². The van der Waals surface area contributed by atoms with Crippen LogP contribution in [0.1, 0.15) is 54.9 Å². The highest BCUT2D eigenvalue weighted by Gasteiger charge is 2.52. The zero-order chi connectivity index (χ0) is 21.4. The Bertz CT molecular complexity index is 731. The van der Waals surface area contributed by atoms with E-state index in [-0.39, 0.29) is 12.0 Å². The van der Waals surface area contributed by atoms with Crippen LogP contribution in [-0.2, 0) is 14.0 Å². The van der Waals surface area contributed by atoms with Crippen LogP contribution in [0.25, 0.3) is 0 Å². The summed E-state index contributed by atoms with van der Waals surface area (Å²) in [5.41, 5.74) is -0.556. The summed E-state index contributed by atoms with van der Waals surface area (Å²) >= 11 is 0. The minimum atomic E-state index is -0.523. The average Bonchev–Trinajstić information content (AvgIpc) is 3.14. The van der Waals surface area contributed by atoms with E-state index in [9.17, 15) is 4.79 Å². The van der Waals surface area contributed by atoms with Gasteiger partial charge in [0.1, 0.15) is 5.60 Å². The zero-order valence-corrected chi connectivity index (χ0v) is 18.7. The smallest absolute Gasteiger partial charge is 0.478 e. The third-order valence-corrected chi connectivity index (χ3v) is 5.70. The van der Waals surface area contributed by atoms with Crippen molar-refractivity contribution in [3.05, 3.63) is 18.3 Å². The molecule has 1 aromatic heterocycles. The minimum Gasteiger partial charge on any atom is -0.478 e. The predicted molar refractivity (Wildman–Crippen MR) is 111 cm³/mol. The molecule has 3 heterocycles. The number of carbonyl (C=O) groups excluding carboxylic acids is 1. The van der Waals surface area contributed by atoms with Gasteiger partial charge in [0.05, 0.1) is 17.8 Å². The molecule has 1 amide bonds. The molecule has 2 saturated heterocycles. The highest BCUT2D eigenvalue weighted by molar-refractivity contribution is 6.63. The molecule has 3 rings (SSSR count). The number of pyridine rings is 1. The highest BCUT2D eigenvalue weighted by atomic mass is 16.7. The van der Waals surface area contributed by atoms with E-state index in [0.29, 0.717) is 25.6 Å². The number of aromatic nitrogens is 1. The van der Waals surface area contributed by atoms with Crippen molar-refractivity contribution in [2.75, 3.05) is 19.7 Å². The first kappa shape index (κ1) is 21.9. The van der Waals surface area contributed by atoms with Crippen LogP contribution in [0.3, 0.4) is 0 Å². The maximum atomic E-state index is 12.2. The molecule has 0 spiro atoms. The van der Waals surface area contributed by atoms with Crippen molar-refractivity contribution in [2.24, 2.45) is 5.92 Å². The molecule has 2 aliphatic heterocycles. The molecule has 160 valence electrons. The van der Waals surface area contributed by atoms with Crippen molar-refractivity contribution in [3.8, 4) is 5.88 Å². The van der Waals surface area contributed by atoms with Crippen LogP contribution in [0.5, 0.6) is 5.88 Å². The van der Waals surface area contributed by atoms with Crippen LogP contribution in [0.4, 0.5) is 4.79 Å². The van der Waals surface area contributed by atoms with E-state index < -0.39 is 23.9 Å². The molecular weight excluding hydrogens is 371 g/mol. The van der Waals surface area contributed by atoms with Gasteiger partial charge < -0.3 is 23.7 Å². The Kier molecular flexibility index (Phi) is 5.89. The lowest BCUT2D eigenvalue weighted by Gasteiger charge is -2.32. The lowest BCUT2D eigenvalue weighted by molar-refractivity contribution is 0.00578. The van der Waals surface area contributed by atoms with Gasteiger partial charge in [-0.1, -0.05) is 6.07 Å². The first-order chi connectivity index (χ1) is 13.4. The second kappa shape index (κ2) is 7.80. The third-order valence-electron chi connectivity index (χ3n) is 5.70. The number of carbonyl (C=O) groups is 1. The standard InChI is InChI=1S/C21H33BN2O5/c1-19(2,3)27-18(25)24-12-10-15(13-24)14-26-17-16(9-8-11-23-17)22-28-20(4,5)21(6,7)29-22/h8-9,11,15H,10,12-14H2,1-7H3/t15-/m0/s1. The lowest BCUT2D eigenvalue weighted by atomic mass is 9.80. The van der Waals surface area contributed by atoms with Gasteiger partial charge in [0.2, 0.25) is 5.88 Å². The summed E-state index contributed by atoms with van der Waals surface area (Å²) in [4.78, 5) is 18.4. The molecule has 0 saturated carbocycles. The van der Waals surface area contributed by atoms with Gasteiger partial charge in [-0.15, -0.1) is 0 Å². The minimum absolute atomic E-state index is 0.232. The average molecular weight is 404 g/mol. The molecule has 29 heavy (non-hydrogen) atoms. The first-order valence-corrected chi connectivity index (χ1v) is 10.3. The topological polar surface area (TPSA) is 70.1 Å². The zero-order valence-electron chi connectivity index (χ0n) is 18.7. The van der Waals surface area contributed by atoms with E-state index in [1.54, 1.807) is 11.1 Å². The van der Waals surface area contributed by atoms with Gasteiger partial charge in [-0.2, -0.15) is 0 Å². The quantitative estimate of drug-likeness (QED) is 0.719. The van der Waals surface area contributed by atoms with Crippen LogP contribution in [0.15, 0.2) is 18.3 Å². The lowest BCUT2D eigenvalue weighted by Crippen LogP contribution is -2.41. The van der Waals surface area contributed by atoms with Crippen LogP contribution in [0.2, 0.25) is 0 Å². The Balaban J connectivity index is 1.60. The summed E-state index contributed by atoms with van der Waals surface area (Å²) in [6.07, 6.45) is 2.31. The van der Waals surface area contributed by atoms with E-state index in [2.05, 4.69) is 4.98 Å². The molecule has 0 bridgehead atoms. The van der Waals surface area contributed by atoms with Gasteiger partial charge in [-0.3, -0.25) is 0 Å². The van der Waals surface area contributed by atoms with Gasteiger partial charge in [0, 0.05) is 30.7 Å². The molecule has 0 radical (unpaired) electrons. The Morgan fingerprint density at radius 2 is 1.93 bits per heavy atom. The maximum Gasteiger partial charge on any atom is 0.500 e. The molecule has 1 atom stereocenters. The number of rotatable bonds is 4. The SMILES string of the molecule is CC(C)(C)OC(=O)N1CC[C@H](COc2ncccc2B2OC(C)(C)C(C)(C)O2)C1. The van der Waals surface area contributed by atoms with Crippen molar-refractivity contribution in [1.29, 1.82) is 0 Å². The van der Waals surface area contributed by atoms with Crippen molar-refractivity contribution in [2.45, 2.75) is 71.7 Å². The highest BCUT2D eigenvalue weighted by Crippen LogP contribution is 2.37. The van der Waals surface area contributed by atoms with E-state index in [0.717, 1.165) is 11.9 Å². The van der Waals surface area contributed by atoms with Crippen LogP contribution in [0, 0.1) is 5.92 Å². The number of likely N-dealkylation sites (tertiary alicyclic amines) is 1. The summed E-state index contributed by atoms with van der Waals surface area (Å²) in [7, 11) is -0.523. The predicted octanol–water partition coefficient (Wildman–Crippen LogP) is 3.02. The van der Waals surface area contributed by atoms with E-state index in [1.807, 2.05) is 60.6 Å². The summed E-state index contributed by atoms with van der Waals surface area (Å²) in [5, 5.41) is 0. The van der Waals surface area contributed by atoms with Gasteiger partial charge in [-0.05, 0) is 61.0 Å². The fraction of sp³-hybridized carbons (Fsp3) is 0.714. The fourth-order valence-corrected chi connectivity index (χ4v) is 3.33. The van der Waals surface area contributed by atoms with Gasteiger partial charge in [-0.25, -0.2) is 9.78 Å². The van der Waals surface area contributed by atoms with Gasteiger partial charge >= 0.3 is 13.2 Å². The van der Waals surface area contributed by atoms with E-state index >= 15 is 0 Å². The number of ether oxygens (including phenoxy) is 2. The Hall–Kier alpha value is -1.80. The molecule has 7 nitrogen and oxygen atoms in total. The molecular formula is C21H33BN2O5. The third kappa shape index (κ3) is 5.04. The van der Waals surface area contributed by atoms with Gasteiger partial charge in [0.25, 0.3) is 0 Å². The van der Waals surface area contributed by atoms with E-state index in [1.165, 1.54) is 0 Å². The Morgan fingerprint density at radius 3 is 2.55 bits per heavy atom. The molecule has 8 heteroatoms. The number of amides is 1. The van der Waals surface area contributed by atoms with Crippen molar-refractivity contribution in [3.63, 3.8) is 0 Å². The molecule has 0 unspecified atom stereocenters. The largest absolute Gasteiger partial charge is 0.500 e. The second-order valence-electron chi connectivity index (χ2n) is 9.88. The summed E-state index contributed by atoms with van der Waals surface area (Å²) in [6, 6.07) is 3.78. The molecule has 1 aromatic rings. The normalized spacial score (nSPS) is 23.3. The summed E-state index contributed by atoms with van der Waals surface area (Å²) in [5.74, 6) is 0.748. The van der Waals surface area contributed by atoms with Crippen molar-refractivity contribution < 1.29 is 23.6 Å². The monoisotopic (exact) mass is 404 g/mol. The fourth-order valence-electron chi connectivity index (χ4n) is 3.33. The number of hydrogen-bond donors (Lipinski definition) is 0. The molecule has 0 N–H and O–H groups in total. The molecule has 2 aliphatic rings. The summed E-state index contributed by atoms with van der Waals surface area (Å²) < 4.78 is 23.8.